The lowest BCUT2D eigenvalue weighted by molar-refractivity contribution is -0.0674. The van der Waals surface area contributed by atoms with Gasteiger partial charge in [0.25, 0.3) is 0 Å². The minimum absolute atomic E-state index is 0.420. The Morgan fingerprint density at radius 1 is 1.36 bits per heavy atom. The number of alkyl halides is 1. The van der Waals surface area contributed by atoms with Crippen molar-refractivity contribution in [2.45, 2.75) is 32.2 Å². The number of ether oxygens (including phenoxy) is 1. The molecule has 14 heavy (non-hydrogen) atoms. The first-order valence-corrected chi connectivity index (χ1v) is 4.67. The van der Waals surface area contributed by atoms with Crippen LogP contribution >= 0.6 is 0 Å². The van der Waals surface area contributed by atoms with E-state index in [1.54, 1.807) is 13.8 Å². The van der Waals surface area contributed by atoms with Gasteiger partial charge in [0.05, 0.1) is 12.2 Å². The summed E-state index contributed by atoms with van der Waals surface area (Å²) in [4.78, 5) is 0. The minimum atomic E-state index is -1.22. The molecule has 0 bridgehead atoms. The summed E-state index contributed by atoms with van der Waals surface area (Å²) in [6.45, 7) is 7.16. The van der Waals surface area contributed by atoms with Crippen molar-refractivity contribution in [1.82, 2.24) is 0 Å². The van der Waals surface area contributed by atoms with E-state index in [4.69, 9.17) is 4.74 Å². The van der Waals surface area contributed by atoms with Gasteiger partial charge in [0, 0.05) is 0 Å². The largest absolute Gasteiger partial charge is 0.368 e. The highest BCUT2D eigenvalue weighted by Crippen LogP contribution is 2.19. The lowest BCUT2D eigenvalue weighted by Gasteiger charge is -2.26. The van der Waals surface area contributed by atoms with Gasteiger partial charge >= 0.3 is 0 Å². The van der Waals surface area contributed by atoms with Gasteiger partial charge in [-0.2, -0.15) is 0 Å². The molecule has 0 N–H and O–H groups in total. The van der Waals surface area contributed by atoms with Gasteiger partial charge in [-0.05, 0) is 26.3 Å². The zero-order chi connectivity index (χ0) is 10.6. The molecule has 0 aliphatic carbocycles. The summed E-state index contributed by atoms with van der Waals surface area (Å²) >= 11 is 0. The van der Waals surface area contributed by atoms with Gasteiger partial charge in [0.1, 0.15) is 6.17 Å². The Labute approximate surface area is 84.9 Å². The first-order chi connectivity index (χ1) is 6.52. The quantitative estimate of drug-likeness (QED) is 0.717. The maximum atomic E-state index is 12.9. The predicted molar refractivity (Wildman–Crippen MR) is 55.6 cm³/mol. The fourth-order valence-corrected chi connectivity index (χ4v) is 0.934. The fraction of sp³-hybridized carbons (Fsp3) is 0.417. The molecule has 1 unspecified atom stereocenters. The van der Waals surface area contributed by atoms with Crippen molar-refractivity contribution >= 4 is 0 Å². The Bertz CT molecular complexity index is 267. The van der Waals surface area contributed by atoms with Crippen LogP contribution in [-0.4, -0.2) is 11.8 Å². The fourth-order valence-electron chi connectivity index (χ4n) is 0.934. The number of hydrogen-bond donors (Lipinski definition) is 0. The molecule has 1 nitrogen and oxygen atoms in total. The summed E-state index contributed by atoms with van der Waals surface area (Å²) in [6.07, 6.45) is -1.22. The molecule has 1 aromatic rings. The molecule has 1 aromatic carbocycles. The Morgan fingerprint density at radius 3 is 2.43 bits per heavy atom. The van der Waals surface area contributed by atoms with E-state index in [2.05, 4.69) is 6.92 Å². The van der Waals surface area contributed by atoms with Crippen LogP contribution in [0.15, 0.2) is 30.3 Å². The Kier molecular flexibility index (Phi) is 3.64. The van der Waals surface area contributed by atoms with Crippen molar-refractivity contribution in [3.8, 4) is 0 Å². The first kappa shape index (κ1) is 11.2. The van der Waals surface area contributed by atoms with Crippen molar-refractivity contribution in [2.75, 3.05) is 0 Å². The molecule has 0 aromatic heterocycles. The summed E-state index contributed by atoms with van der Waals surface area (Å²) < 4.78 is 18.4. The van der Waals surface area contributed by atoms with E-state index < -0.39 is 11.8 Å². The predicted octanol–water partition coefficient (Wildman–Crippen LogP) is 3.15. The molecule has 0 aliphatic heterocycles. The minimum Gasteiger partial charge on any atom is -0.368 e. The molecule has 0 spiro atoms. The lowest BCUT2D eigenvalue weighted by atomic mass is 10.0. The molecular weight excluding hydrogens is 179 g/mol. The van der Waals surface area contributed by atoms with Crippen molar-refractivity contribution in [1.29, 1.82) is 0 Å². The summed E-state index contributed by atoms with van der Waals surface area (Å²) in [5.74, 6) is 0. The smallest absolute Gasteiger partial charge is 0.129 e. The molecule has 1 atom stereocenters. The van der Waals surface area contributed by atoms with Crippen molar-refractivity contribution in [2.24, 2.45) is 0 Å². The molecule has 2 heteroatoms. The Hall–Kier alpha value is -0.890. The van der Waals surface area contributed by atoms with Crippen molar-refractivity contribution in [3.63, 3.8) is 0 Å². The van der Waals surface area contributed by atoms with Gasteiger partial charge in [-0.3, -0.25) is 0 Å². The van der Waals surface area contributed by atoms with E-state index >= 15 is 0 Å². The van der Waals surface area contributed by atoms with Crippen LogP contribution in [0.25, 0.3) is 0 Å². The standard InChI is InChI=1S/C12H16FO/c1-10(13)12(2,3)14-9-11-7-5-4-6-8-11/h4-8,10H,1,9H2,2-3H3. The maximum absolute atomic E-state index is 12.9. The third kappa shape index (κ3) is 3.11. The third-order valence-corrected chi connectivity index (χ3v) is 2.21. The van der Waals surface area contributed by atoms with E-state index in [-0.39, 0.29) is 0 Å². The highest BCUT2D eigenvalue weighted by Gasteiger charge is 2.26. The second kappa shape index (κ2) is 4.56. The lowest BCUT2D eigenvalue weighted by Crippen LogP contribution is -2.34. The molecule has 1 radical (unpaired) electrons. The third-order valence-electron chi connectivity index (χ3n) is 2.21. The zero-order valence-electron chi connectivity index (χ0n) is 8.66. The highest BCUT2D eigenvalue weighted by atomic mass is 19.1. The van der Waals surface area contributed by atoms with E-state index in [0.29, 0.717) is 6.61 Å². The molecule has 0 aliphatic rings. The molecule has 0 heterocycles. The SMILES string of the molecule is [CH2]C(F)C(C)(C)OCc1ccccc1. The van der Waals surface area contributed by atoms with E-state index in [1.807, 2.05) is 30.3 Å². The average Bonchev–Trinajstić information content (AvgIpc) is 2.16. The van der Waals surface area contributed by atoms with E-state index in [1.165, 1.54) is 0 Å². The molecule has 0 saturated carbocycles. The van der Waals surface area contributed by atoms with Crippen LogP contribution in [0.1, 0.15) is 19.4 Å². The molecule has 77 valence electrons. The van der Waals surface area contributed by atoms with Gasteiger partial charge < -0.3 is 4.74 Å². The van der Waals surface area contributed by atoms with Crippen LogP contribution in [0.2, 0.25) is 0 Å². The monoisotopic (exact) mass is 195 g/mol. The van der Waals surface area contributed by atoms with Gasteiger partial charge in [-0.15, -0.1) is 0 Å². The number of rotatable bonds is 4. The molecule has 1 rings (SSSR count). The summed E-state index contributed by atoms with van der Waals surface area (Å²) in [5, 5.41) is 0. The van der Waals surface area contributed by atoms with Crippen molar-refractivity contribution < 1.29 is 9.13 Å². The number of hydrogen-bond acceptors (Lipinski definition) is 1. The van der Waals surface area contributed by atoms with Crippen LogP contribution in [0, 0.1) is 6.92 Å². The normalized spacial score (nSPS) is 14.0. The van der Waals surface area contributed by atoms with Crippen LogP contribution in [0.4, 0.5) is 4.39 Å². The second-order valence-electron chi connectivity index (χ2n) is 3.85. The topological polar surface area (TPSA) is 9.23 Å². The van der Waals surface area contributed by atoms with Gasteiger partial charge in [-0.1, -0.05) is 30.3 Å². The number of halogens is 1. The highest BCUT2D eigenvalue weighted by molar-refractivity contribution is 5.13. The summed E-state index contributed by atoms with van der Waals surface area (Å²) in [6, 6.07) is 9.71. The van der Waals surface area contributed by atoms with Crippen molar-refractivity contribution in [3.05, 3.63) is 42.8 Å². The van der Waals surface area contributed by atoms with E-state index in [9.17, 15) is 4.39 Å². The van der Waals surface area contributed by atoms with Crippen LogP contribution in [0.5, 0.6) is 0 Å². The van der Waals surface area contributed by atoms with Crippen LogP contribution < -0.4 is 0 Å². The Balaban J connectivity index is 2.49. The maximum Gasteiger partial charge on any atom is 0.129 e. The number of benzene rings is 1. The summed E-state index contributed by atoms with van der Waals surface area (Å²) in [5.41, 5.74) is 0.219. The van der Waals surface area contributed by atoms with Gasteiger partial charge in [0.15, 0.2) is 0 Å². The van der Waals surface area contributed by atoms with Crippen LogP contribution in [-0.2, 0) is 11.3 Å². The molecule has 0 amide bonds. The van der Waals surface area contributed by atoms with Crippen LogP contribution in [0.3, 0.4) is 0 Å². The van der Waals surface area contributed by atoms with Gasteiger partial charge in [0.2, 0.25) is 0 Å². The average molecular weight is 195 g/mol. The Morgan fingerprint density at radius 2 is 1.93 bits per heavy atom. The zero-order valence-corrected chi connectivity index (χ0v) is 8.66. The molecule has 0 saturated heterocycles. The molecular formula is C12H16FO. The first-order valence-electron chi connectivity index (χ1n) is 4.67. The van der Waals surface area contributed by atoms with E-state index in [0.717, 1.165) is 5.56 Å². The second-order valence-corrected chi connectivity index (χ2v) is 3.85. The van der Waals surface area contributed by atoms with Gasteiger partial charge in [-0.25, -0.2) is 4.39 Å². The molecule has 0 fully saturated rings. The summed E-state index contributed by atoms with van der Waals surface area (Å²) in [7, 11) is 0.